The zero-order valence-electron chi connectivity index (χ0n) is 49.5. The molecule has 0 radical (unpaired) electrons. The third-order valence-corrected chi connectivity index (χ3v) is 15.9. The van der Waals surface area contributed by atoms with Gasteiger partial charge in [0.2, 0.25) is 11.8 Å². The van der Waals surface area contributed by atoms with E-state index in [9.17, 15) is 115 Å². The van der Waals surface area contributed by atoms with Crippen LogP contribution in [0, 0.1) is 0 Å². The van der Waals surface area contributed by atoms with Crippen molar-refractivity contribution in [3.05, 3.63) is 70.8 Å². The minimum absolute atomic E-state index is 0.0407. The van der Waals surface area contributed by atoms with E-state index >= 15 is 0 Å². The molecule has 0 unspecified atom stereocenters. The number of nitrogens with one attached hydrogen (secondary N) is 2. The van der Waals surface area contributed by atoms with Gasteiger partial charge in [-0.15, -0.1) is 0 Å². The van der Waals surface area contributed by atoms with E-state index in [0.29, 0.717) is 43.1 Å². The summed E-state index contributed by atoms with van der Waals surface area (Å²) in [6, 6.07) is 11.2. The van der Waals surface area contributed by atoms with Gasteiger partial charge in [0.05, 0.1) is 12.1 Å². The maximum Gasteiger partial charge on any atom is 0.490 e. The first-order chi connectivity index (χ1) is 43.8. The Morgan fingerprint density at radius 1 is 0.372 bits per heavy atom. The molecule has 0 fully saturated rings. The third-order valence-electron chi connectivity index (χ3n) is 15.9. The average molecular weight is 1340 g/mol. The van der Waals surface area contributed by atoms with Crippen LogP contribution in [0.2, 0.25) is 0 Å². The standard InChI is InChI=1S/C56H62N6O18.2C2HF3O2/c57-37(49(75)59-55(21-15-39(63)64,22-16-40(65)66)23-17-41(67)68)5-1-3-27-61-51(77)33-11-7-29-31-9-13-35-48-36(14-10-32(46(31)48)30-8-12-34(52(61)78)47(33)45(29)30)54(80)62(53(35)79)28-4-2-6-38(58)50(76)60-56(24-18-42(69)70,25-19-43(71)72)26-20-44(73)74;2*3-2(4,5)1(6)7/h7-14,37-38H,1-6,15-28,57-58H2,(H,59,75)(H,60,76)(H,63,64)(H,65,66)(H,67,68)(H,69,70)(H,71,72)(H,73,74);2*(H,6,7)/t37-,38-;;/m0../s1. The van der Waals surface area contributed by atoms with Gasteiger partial charge < -0.3 is 63.0 Å². The number of carbonyl (C=O) groups is 14. The molecule has 0 saturated carbocycles. The highest BCUT2D eigenvalue weighted by Crippen LogP contribution is 2.46. The van der Waals surface area contributed by atoms with Crippen molar-refractivity contribution in [1.29, 1.82) is 0 Å². The van der Waals surface area contributed by atoms with Crippen LogP contribution in [0.15, 0.2) is 48.5 Å². The number of hydrogen-bond donors (Lipinski definition) is 12. The van der Waals surface area contributed by atoms with Gasteiger partial charge in [0.25, 0.3) is 23.6 Å². The molecule has 34 heteroatoms. The van der Waals surface area contributed by atoms with Crippen LogP contribution in [0.3, 0.4) is 0 Å². The fourth-order valence-corrected chi connectivity index (χ4v) is 11.2. The predicted molar refractivity (Wildman–Crippen MR) is 312 cm³/mol. The van der Waals surface area contributed by atoms with Crippen LogP contribution in [0.25, 0.3) is 43.1 Å². The number of carbonyl (C=O) groups excluding carboxylic acids is 6. The van der Waals surface area contributed by atoms with Crippen LogP contribution >= 0.6 is 0 Å². The maximum atomic E-state index is 14.2. The lowest BCUT2D eigenvalue weighted by molar-refractivity contribution is -0.193. The third kappa shape index (κ3) is 18.6. The largest absolute Gasteiger partial charge is 0.490 e. The summed E-state index contributed by atoms with van der Waals surface area (Å²) in [7, 11) is 0. The lowest BCUT2D eigenvalue weighted by Crippen LogP contribution is -2.54. The maximum absolute atomic E-state index is 14.2. The highest BCUT2D eigenvalue weighted by molar-refractivity contribution is 6.41. The molecule has 0 aromatic heterocycles. The number of nitrogens with zero attached hydrogens (tertiary/aromatic N) is 2. The van der Waals surface area contributed by atoms with Gasteiger partial charge in [-0.2, -0.15) is 26.3 Å². The summed E-state index contributed by atoms with van der Waals surface area (Å²) >= 11 is 0. The van der Waals surface area contributed by atoms with Crippen molar-refractivity contribution in [2.24, 2.45) is 11.5 Å². The van der Waals surface area contributed by atoms with Crippen LogP contribution in [-0.2, 0) is 47.9 Å². The van der Waals surface area contributed by atoms with Crippen molar-refractivity contribution in [3.8, 4) is 0 Å². The van der Waals surface area contributed by atoms with E-state index in [-0.39, 0.29) is 112 Å². The van der Waals surface area contributed by atoms with E-state index in [1.54, 1.807) is 48.5 Å². The minimum atomic E-state index is -5.08. The van der Waals surface area contributed by atoms with Crippen LogP contribution in [0.5, 0.6) is 0 Å². The molecule has 14 N–H and O–H groups in total. The van der Waals surface area contributed by atoms with E-state index < -0.39 is 157 Å². The molecule has 2 heterocycles. The Labute approximate surface area is 526 Å². The summed E-state index contributed by atoms with van der Waals surface area (Å²) in [5.74, 6) is -16.6. The average Bonchev–Trinajstić information content (AvgIpc) is 0.693. The number of nitrogens with two attached hydrogens (primary N) is 2. The quantitative estimate of drug-likeness (QED) is 0.00761. The van der Waals surface area contributed by atoms with Crippen molar-refractivity contribution in [2.75, 3.05) is 13.1 Å². The molecule has 0 saturated heterocycles. The Balaban J connectivity index is 0.00000103. The monoisotopic (exact) mass is 1330 g/mol. The lowest BCUT2D eigenvalue weighted by Gasteiger charge is -2.35. The first kappa shape index (κ1) is 74.6. The molecule has 5 aromatic rings. The molecular weight excluding hydrogens is 1270 g/mol. The van der Waals surface area contributed by atoms with Crippen LogP contribution in [0.4, 0.5) is 26.3 Å². The Bertz CT molecular complexity index is 3380. The second-order valence-corrected chi connectivity index (χ2v) is 22.4. The van der Waals surface area contributed by atoms with Crippen LogP contribution < -0.4 is 22.1 Å². The summed E-state index contributed by atoms with van der Waals surface area (Å²) < 4.78 is 63.5. The number of rotatable bonds is 32. The molecule has 2 aliphatic rings. The lowest BCUT2D eigenvalue weighted by atomic mass is 9.82. The van der Waals surface area contributed by atoms with E-state index in [1.165, 1.54) is 0 Å². The molecule has 94 heavy (non-hydrogen) atoms. The molecule has 2 atom stereocenters. The summed E-state index contributed by atoms with van der Waals surface area (Å²) in [5, 5.41) is 80.4. The van der Waals surface area contributed by atoms with E-state index in [0.717, 1.165) is 9.80 Å². The van der Waals surface area contributed by atoms with E-state index in [2.05, 4.69) is 10.6 Å². The molecule has 508 valence electrons. The molecule has 28 nitrogen and oxygen atoms in total. The molecular formula is C60H64F6N6O22. The van der Waals surface area contributed by atoms with Gasteiger partial charge in [-0.05, 0) is 134 Å². The second kappa shape index (κ2) is 31.0. The smallest absolute Gasteiger partial charge is 0.481 e. The van der Waals surface area contributed by atoms with Crippen molar-refractivity contribution in [1.82, 2.24) is 20.4 Å². The molecule has 0 spiro atoms. The number of halogens is 6. The number of alkyl halides is 6. The zero-order valence-corrected chi connectivity index (χ0v) is 49.5. The molecule has 0 bridgehead atoms. The second-order valence-electron chi connectivity index (χ2n) is 22.4. The SMILES string of the molecule is N[C@@H](CCCCN1C(=O)c2ccc3c4ccc5c6c(ccc(c7ccc(c2c37)C1=O)c64)C(=O)N(CCCC[C@H](N)C(=O)NC(CCC(=O)O)(CCC(=O)O)CCC(=O)O)C5=O)C(=O)NC(CCC(=O)O)(CCC(=O)O)CCC(=O)O.O=C(O)C(F)(F)F.O=C(O)C(F)(F)F. The fraction of sp³-hybridized carbons (Fsp3) is 0.433. The Morgan fingerprint density at radius 2 is 0.585 bits per heavy atom. The summed E-state index contributed by atoms with van der Waals surface area (Å²) in [6.45, 7) is -0.0814. The Kier molecular flexibility index (Phi) is 24.6. The normalized spacial score (nSPS) is 13.8. The summed E-state index contributed by atoms with van der Waals surface area (Å²) in [5.41, 5.74) is 10.6. The molecule has 2 aliphatic heterocycles. The number of amides is 6. The van der Waals surface area contributed by atoms with Crippen LogP contribution in [-0.4, -0.2) is 182 Å². The van der Waals surface area contributed by atoms with Crippen LogP contribution in [0.1, 0.15) is 157 Å². The van der Waals surface area contributed by atoms with Gasteiger partial charge in [0.1, 0.15) is 0 Å². The number of benzene rings is 5. The van der Waals surface area contributed by atoms with Crippen molar-refractivity contribution >= 4 is 126 Å². The summed E-state index contributed by atoms with van der Waals surface area (Å²) in [6.07, 6.45) is -13.3. The molecule has 5 aromatic carbocycles. The molecule has 6 amide bonds. The topological polar surface area (TPSA) is 483 Å². The number of unbranched alkanes of at least 4 members (excludes halogenated alkanes) is 2. The van der Waals surface area contributed by atoms with Gasteiger partial charge in [-0.1, -0.05) is 24.3 Å². The Morgan fingerprint density at radius 3 is 0.777 bits per heavy atom. The zero-order chi connectivity index (χ0) is 70.5. The molecule has 7 rings (SSSR count). The van der Waals surface area contributed by atoms with Crippen molar-refractivity contribution in [2.45, 2.75) is 151 Å². The minimum Gasteiger partial charge on any atom is -0.481 e. The highest BCUT2D eigenvalue weighted by atomic mass is 19.4. The number of fused-ring (bicyclic) bond motifs is 2. The first-order valence-electron chi connectivity index (χ1n) is 28.8. The number of aliphatic carboxylic acids is 8. The number of imide groups is 2. The number of carboxylic acids is 8. The van der Waals surface area contributed by atoms with Gasteiger partial charge in [-0.3, -0.25) is 67.3 Å². The number of hydrogen-bond acceptors (Lipinski definition) is 16. The number of carboxylic acid groups (broad SMARTS) is 8. The van der Waals surface area contributed by atoms with Crippen molar-refractivity contribution in [3.63, 3.8) is 0 Å². The first-order valence-corrected chi connectivity index (χ1v) is 28.8. The van der Waals surface area contributed by atoms with Gasteiger partial charge in [-0.25, -0.2) is 9.59 Å². The fourth-order valence-electron chi connectivity index (χ4n) is 11.2. The van der Waals surface area contributed by atoms with E-state index in [4.69, 9.17) is 31.3 Å². The van der Waals surface area contributed by atoms with Gasteiger partial charge in [0.15, 0.2) is 0 Å². The summed E-state index contributed by atoms with van der Waals surface area (Å²) in [4.78, 5) is 172. The van der Waals surface area contributed by atoms with Crippen molar-refractivity contribution < 1.29 is 134 Å². The van der Waals surface area contributed by atoms with Gasteiger partial charge >= 0.3 is 60.1 Å². The van der Waals surface area contributed by atoms with E-state index in [1.807, 2.05) is 0 Å². The highest BCUT2D eigenvalue weighted by Gasteiger charge is 2.41. The Hall–Kier alpha value is -10.1. The predicted octanol–water partition coefficient (Wildman–Crippen LogP) is 6.09. The van der Waals surface area contributed by atoms with Gasteiger partial charge in [0, 0.05) is 95.7 Å². The molecule has 0 aliphatic carbocycles.